The lowest BCUT2D eigenvalue weighted by Gasteiger charge is -2.23. The number of hydrogen-bond acceptors (Lipinski definition) is 4. The summed E-state index contributed by atoms with van der Waals surface area (Å²) in [6.07, 6.45) is 2.74. The smallest absolute Gasteiger partial charge is 0.181 e. The van der Waals surface area contributed by atoms with Crippen LogP contribution in [0.2, 0.25) is 0 Å². The summed E-state index contributed by atoms with van der Waals surface area (Å²) >= 11 is 0. The Morgan fingerprint density at radius 2 is 2.47 bits per heavy atom. The average Bonchev–Trinajstić information content (AvgIpc) is 2.99. The van der Waals surface area contributed by atoms with Crippen LogP contribution in [0.3, 0.4) is 0 Å². The van der Waals surface area contributed by atoms with Crippen LogP contribution in [0, 0.1) is 0 Å². The minimum atomic E-state index is 0.653. The fourth-order valence-corrected chi connectivity index (χ4v) is 2.43. The van der Waals surface area contributed by atoms with E-state index in [0.29, 0.717) is 6.04 Å². The maximum absolute atomic E-state index is 5.32. The lowest BCUT2D eigenvalue weighted by atomic mass is 10.1. The zero-order valence-corrected chi connectivity index (χ0v) is 10.0. The van der Waals surface area contributed by atoms with E-state index in [2.05, 4.69) is 34.4 Å². The largest absolute Gasteiger partial charge is 0.443 e. The van der Waals surface area contributed by atoms with Gasteiger partial charge < -0.3 is 9.73 Å². The van der Waals surface area contributed by atoms with Gasteiger partial charge in [0.25, 0.3) is 0 Å². The third-order valence-corrected chi connectivity index (χ3v) is 3.49. The second kappa shape index (κ2) is 4.47. The van der Waals surface area contributed by atoms with Crippen LogP contribution in [-0.2, 0) is 6.54 Å². The molecule has 4 nitrogen and oxygen atoms in total. The van der Waals surface area contributed by atoms with E-state index in [9.17, 15) is 0 Å². The zero-order chi connectivity index (χ0) is 11.7. The maximum atomic E-state index is 5.32. The molecule has 1 aliphatic rings. The Hall–Kier alpha value is -1.39. The first-order valence-electron chi connectivity index (χ1n) is 6.06. The van der Waals surface area contributed by atoms with Crippen LogP contribution in [-0.4, -0.2) is 36.1 Å². The Bertz CT molecular complexity index is 502. The zero-order valence-electron chi connectivity index (χ0n) is 10.0. The molecule has 1 N–H and O–H groups in total. The molecule has 1 aromatic carbocycles. The monoisotopic (exact) mass is 231 g/mol. The summed E-state index contributed by atoms with van der Waals surface area (Å²) in [6.45, 7) is 3.19. The van der Waals surface area contributed by atoms with Crippen molar-refractivity contribution < 1.29 is 4.42 Å². The Labute approximate surface area is 101 Å². The first-order chi connectivity index (χ1) is 8.33. The van der Waals surface area contributed by atoms with Crippen molar-refractivity contribution in [2.75, 3.05) is 20.1 Å². The minimum absolute atomic E-state index is 0.653. The summed E-state index contributed by atoms with van der Waals surface area (Å²) in [7, 11) is 2.18. The van der Waals surface area contributed by atoms with Gasteiger partial charge in [-0.1, -0.05) is 6.07 Å². The molecular weight excluding hydrogens is 214 g/mol. The number of rotatable bonds is 3. The van der Waals surface area contributed by atoms with Crippen molar-refractivity contribution in [3.63, 3.8) is 0 Å². The summed E-state index contributed by atoms with van der Waals surface area (Å²) in [6, 6.07) is 6.89. The molecule has 0 radical (unpaired) electrons. The molecule has 1 aromatic heterocycles. The van der Waals surface area contributed by atoms with Crippen molar-refractivity contribution in [3.05, 3.63) is 30.2 Å². The van der Waals surface area contributed by atoms with Crippen molar-refractivity contribution in [3.8, 4) is 0 Å². The molecule has 0 aliphatic carbocycles. The van der Waals surface area contributed by atoms with Gasteiger partial charge in [0.1, 0.15) is 5.52 Å². The van der Waals surface area contributed by atoms with Gasteiger partial charge in [-0.15, -0.1) is 0 Å². The number of hydrogen-bond donors (Lipinski definition) is 1. The van der Waals surface area contributed by atoms with Gasteiger partial charge in [0, 0.05) is 19.1 Å². The summed E-state index contributed by atoms with van der Waals surface area (Å²) in [5, 5.41) is 3.39. The Balaban J connectivity index is 1.74. The van der Waals surface area contributed by atoms with Crippen molar-refractivity contribution in [2.24, 2.45) is 0 Å². The number of likely N-dealkylation sites (N-methyl/N-ethyl adjacent to an activating group) is 1. The molecule has 2 aromatic rings. The van der Waals surface area contributed by atoms with Gasteiger partial charge >= 0.3 is 0 Å². The Morgan fingerprint density at radius 3 is 3.29 bits per heavy atom. The van der Waals surface area contributed by atoms with Gasteiger partial charge in [-0.3, -0.25) is 4.90 Å². The lowest BCUT2D eigenvalue weighted by Crippen LogP contribution is -2.32. The standard InChI is InChI=1S/C13H17N3O/c1-16(11-4-5-14-7-11)8-10-2-3-12-13(6-10)17-9-15-12/h2-3,6,9,11,14H,4-5,7-8H2,1H3. The molecule has 0 amide bonds. The first kappa shape index (κ1) is 10.7. The number of oxazole rings is 1. The van der Waals surface area contributed by atoms with Gasteiger partial charge in [0.2, 0.25) is 0 Å². The predicted octanol–water partition coefficient (Wildman–Crippen LogP) is 1.62. The fraction of sp³-hybridized carbons (Fsp3) is 0.462. The van der Waals surface area contributed by atoms with Crippen LogP contribution in [0.4, 0.5) is 0 Å². The fourth-order valence-electron chi connectivity index (χ4n) is 2.43. The number of nitrogens with one attached hydrogen (secondary N) is 1. The van der Waals surface area contributed by atoms with E-state index >= 15 is 0 Å². The van der Waals surface area contributed by atoms with E-state index in [-0.39, 0.29) is 0 Å². The second-order valence-electron chi connectivity index (χ2n) is 4.72. The molecule has 0 bridgehead atoms. The molecule has 17 heavy (non-hydrogen) atoms. The van der Waals surface area contributed by atoms with E-state index < -0.39 is 0 Å². The molecule has 2 heterocycles. The Morgan fingerprint density at radius 1 is 1.53 bits per heavy atom. The van der Waals surface area contributed by atoms with Crippen LogP contribution in [0.25, 0.3) is 11.1 Å². The van der Waals surface area contributed by atoms with E-state index in [1.54, 1.807) is 0 Å². The molecule has 1 atom stereocenters. The van der Waals surface area contributed by atoms with Crippen molar-refractivity contribution in [1.29, 1.82) is 0 Å². The highest BCUT2D eigenvalue weighted by Crippen LogP contribution is 2.17. The van der Waals surface area contributed by atoms with Gasteiger partial charge in [-0.25, -0.2) is 4.98 Å². The van der Waals surface area contributed by atoms with Crippen molar-refractivity contribution in [2.45, 2.75) is 19.0 Å². The highest BCUT2D eigenvalue weighted by atomic mass is 16.3. The highest BCUT2D eigenvalue weighted by molar-refractivity contribution is 5.72. The predicted molar refractivity (Wildman–Crippen MR) is 66.8 cm³/mol. The number of fused-ring (bicyclic) bond motifs is 1. The van der Waals surface area contributed by atoms with E-state index in [1.807, 2.05) is 6.07 Å². The number of aromatic nitrogens is 1. The number of benzene rings is 1. The average molecular weight is 231 g/mol. The molecule has 1 aliphatic heterocycles. The molecule has 4 heteroatoms. The highest BCUT2D eigenvalue weighted by Gasteiger charge is 2.19. The molecular formula is C13H17N3O. The minimum Gasteiger partial charge on any atom is -0.443 e. The van der Waals surface area contributed by atoms with E-state index in [0.717, 1.165) is 30.7 Å². The van der Waals surface area contributed by atoms with Gasteiger partial charge in [0.15, 0.2) is 12.0 Å². The lowest BCUT2D eigenvalue weighted by molar-refractivity contribution is 0.249. The summed E-state index contributed by atoms with van der Waals surface area (Å²) in [4.78, 5) is 6.53. The third-order valence-electron chi connectivity index (χ3n) is 3.49. The van der Waals surface area contributed by atoms with Crippen LogP contribution < -0.4 is 5.32 Å². The first-order valence-corrected chi connectivity index (χ1v) is 6.06. The summed E-state index contributed by atoms with van der Waals surface area (Å²) in [5.74, 6) is 0. The van der Waals surface area contributed by atoms with Crippen molar-refractivity contribution >= 4 is 11.1 Å². The van der Waals surface area contributed by atoms with Gasteiger partial charge in [-0.2, -0.15) is 0 Å². The molecule has 3 rings (SSSR count). The quantitative estimate of drug-likeness (QED) is 0.871. The number of nitrogens with zero attached hydrogens (tertiary/aromatic N) is 2. The Kier molecular flexibility index (Phi) is 2.82. The topological polar surface area (TPSA) is 41.3 Å². The molecule has 90 valence electrons. The van der Waals surface area contributed by atoms with E-state index in [1.165, 1.54) is 18.4 Å². The SMILES string of the molecule is CN(Cc1ccc2ncoc2c1)C1CCNC1. The van der Waals surface area contributed by atoms with Crippen LogP contribution in [0.5, 0.6) is 0 Å². The third kappa shape index (κ3) is 2.18. The molecule has 1 fully saturated rings. The van der Waals surface area contributed by atoms with Crippen molar-refractivity contribution in [1.82, 2.24) is 15.2 Å². The van der Waals surface area contributed by atoms with Gasteiger partial charge in [0.05, 0.1) is 0 Å². The molecule has 1 unspecified atom stereocenters. The van der Waals surface area contributed by atoms with Crippen LogP contribution >= 0.6 is 0 Å². The summed E-state index contributed by atoms with van der Waals surface area (Å²) in [5.41, 5.74) is 3.09. The molecule has 1 saturated heterocycles. The van der Waals surface area contributed by atoms with Crippen LogP contribution in [0.1, 0.15) is 12.0 Å². The van der Waals surface area contributed by atoms with Gasteiger partial charge in [-0.05, 0) is 37.7 Å². The maximum Gasteiger partial charge on any atom is 0.181 e. The molecule has 0 saturated carbocycles. The normalized spacial score (nSPS) is 20.5. The molecule has 0 spiro atoms. The van der Waals surface area contributed by atoms with E-state index in [4.69, 9.17) is 4.42 Å². The second-order valence-corrected chi connectivity index (χ2v) is 4.72. The van der Waals surface area contributed by atoms with Crippen LogP contribution in [0.15, 0.2) is 29.0 Å². The summed E-state index contributed by atoms with van der Waals surface area (Å²) < 4.78 is 5.32.